The SMILES string of the molecule is N[N+](=O)[Se]. The molecule has 3 nitrogen and oxygen atoms in total. The molecule has 0 unspecified atom stereocenters. The van der Waals surface area contributed by atoms with Crippen molar-refractivity contribution < 1.29 is 3.89 Å². The molecule has 4 heteroatoms. The van der Waals surface area contributed by atoms with Crippen molar-refractivity contribution in [2.75, 3.05) is 0 Å². The standard InChI is InChI=1S/H2N2OSe/c1-2(3)4/h(H2,1,3)/q+1. The van der Waals surface area contributed by atoms with Gasteiger partial charge in [0.2, 0.25) is 0 Å². The van der Waals surface area contributed by atoms with E-state index in [2.05, 4.69) is 5.84 Å². The summed E-state index contributed by atoms with van der Waals surface area (Å²) in [6.45, 7) is 0. The summed E-state index contributed by atoms with van der Waals surface area (Å²) in [6, 6.07) is 0. The molecule has 23 valence electrons. The number of hydrogen-bond acceptors (Lipinski definition) is 1. The number of hydrazine groups is 1. The van der Waals surface area contributed by atoms with Crippen molar-refractivity contribution in [2.24, 2.45) is 5.84 Å². The zero-order valence-electron chi connectivity index (χ0n) is 1.84. The fourth-order valence-corrected chi connectivity index (χ4v) is 0. The first-order valence-corrected chi connectivity index (χ1v) is 1.39. The van der Waals surface area contributed by atoms with Gasteiger partial charge in [0, 0.05) is 0 Å². The Bertz CT molecular complexity index is 29.0. The van der Waals surface area contributed by atoms with Crippen LogP contribution in [0.4, 0.5) is 0 Å². The molecular weight excluding hydrogens is 123 g/mol. The molecule has 0 amide bonds. The maximum absolute atomic E-state index is 9.08. The molecule has 0 rings (SSSR count). The van der Waals surface area contributed by atoms with Crippen molar-refractivity contribution in [1.29, 1.82) is 0 Å². The van der Waals surface area contributed by atoms with E-state index in [0.29, 0.717) is 0 Å². The average Bonchev–Trinajstić information content (AvgIpc) is 0.811. The second kappa shape index (κ2) is 1.26. The first-order chi connectivity index (χ1) is 1.73. The fraction of sp³-hybridized carbons (Fsp3) is 0. The molecule has 0 aromatic rings. The molecule has 0 atom stereocenters. The van der Waals surface area contributed by atoms with Gasteiger partial charge in [0.25, 0.3) is 0 Å². The molecule has 0 saturated carbocycles. The van der Waals surface area contributed by atoms with Gasteiger partial charge in [-0.3, -0.25) is 0 Å². The third-order valence-electron chi connectivity index (χ3n) is 0. The molecule has 0 fully saturated rings. The van der Waals surface area contributed by atoms with E-state index in [1.807, 2.05) is 16.2 Å². The van der Waals surface area contributed by atoms with E-state index < -0.39 is 0 Å². The Kier molecular flexibility index (Phi) is 1.24. The zero-order valence-corrected chi connectivity index (χ0v) is 3.55. The van der Waals surface area contributed by atoms with Crippen LogP contribution in [0.1, 0.15) is 0 Å². The van der Waals surface area contributed by atoms with E-state index in [1.54, 1.807) is 0 Å². The Morgan fingerprint density at radius 2 is 2.00 bits per heavy atom. The summed E-state index contributed by atoms with van der Waals surface area (Å²) in [7, 11) is 0. The summed E-state index contributed by atoms with van der Waals surface area (Å²) in [6.07, 6.45) is 0. The molecule has 0 aliphatic rings. The van der Waals surface area contributed by atoms with Gasteiger partial charge in [-0.2, -0.15) is 0 Å². The molecule has 0 heterocycles. The Morgan fingerprint density at radius 3 is 2.00 bits per heavy atom. The summed E-state index contributed by atoms with van der Waals surface area (Å²) in [5.41, 5.74) is 0. The van der Waals surface area contributed by atoms with Gasteiger partial charge in [-0.1, -0.05) is 0 Å². The molecule has 0 saturated heterocycles. The van der Waals surface area contributed by atoms with Gasteiger partial charge in [-0.05, 0) is 0 Å². The minimum absolute atomic E-state index is 0.125. The maximum atomic E-state index is 9.08. The minimum atomic E-state index is 0.125. The fourth-order valence-electron chi connectivity index (χ4n) is 0. The van der Waals surface area contributed by atoms with Crippen molar-refractivity contribution in [2.45, 2.75) is 0 Å². The van der Waals surface area contributed by atoms with Crippen LogP contribution in [0, 0.1) is 4.91 Å². The van der Waals surface area contributed by atoms with Gasteiger partial charge in [-0.25, -0.2) is 0 Å². The van der Waals surface area contributed by atoms with Crippen molar-refractivity contribution in [3.05, 3.63) is 4.91 Å². The molecule has 0 aliphatic carbocycles. The first kappa shape index (κ1) is 3.92. The third-order valence-corrected chi connectivity index (χ3v) is 0. The Hall–Kier alpha value is -0.0805. The van der Waals surface area contributed by atoms with E-state index in [1.165, 1.54) is 0 Å². The van der Waals surface area contributed by atoms with Crippen LogP contribution in [0.25, 0.3) is 0 Å². The molecule has 0 aromatic heterocycles. The molecule has 0 aromatic carbocycles. The van der Waals surface area contributed by atoms with Crippen LogP contribution >= 0.6 is 0 Å². The van der Waals surface area contributed by atoms with Gasteiger partial charge in [0.05, 0.1) is 0 Å². The van der Waals surface area contributed by atoms with E-state index in [0.717, 1.165) is 0 Å². The summed E-state index contributed by atoms with van der Waals surface area (Å²) in [5, 5.41) is 0. The van der Waals surface area contributed by atoms with Gasteiger partial charge in [0.15, 0.2) is 0 Å². The molecular formula is H2N2OSe+. The first-order valence-electron chi connectivity index (χ1n) is 0.623. The van der Waals surface area contributed by atoms with E-state index in [4.69, 9.17) is 4.91 Å². The van der Waals surface area contributed by atoms with Crippen molar-refractivity contribution in [1.82, 2.24) is 0 Å². The number of nitroso groups, excluding NO2 is 1. The predicted octanol–water partition coefficient (Wildman–Crippen LogP) is -1.28. The summed E-state index contributed by atoms with van der Waals surface area (Å²) >= 11 is 1.96. The van der Waals surface area contributed by atoms with Crippen molar-refractivity contribution in [3.8, 4) is 0 Å². The summed E-state index contributed by atoms with van der Waals surface area (Å²) in [5.74, 6) is 4.33. The van der Waals surface area contributed by atoms with Crippen molar-refractivity contribution in [3.63, 3.8) is 0 Å². The van der Waals surface area contributed by atoms with Crippen molar-refractivity contribution >= 4 is 16.2 Å². The van der Waals surface area contributed by atoms with Gasteiger partial charge >= 0.3 is 30.9 Å². The Balaban J connectivity index is 2.80. The Morgan fingerprint density at radius 1 is 2.00 bits per heavy atom. The van der Waals surface area contributed by atoms with Gasteiger partial charge in [0.1, 0.15) is 0 Å². The Labute approximate surface area is 31.7 Å². The van der Waals surface area contributed by atoms with Crippen LogP contribution < -0.4 is 5.84 Å². The number of hydrogen-bond donors (Lipinski definition) is 1. The third kappa shape index (κ3) is 250. The normalized spacial score (nSPS) is 6.00. The van der Waals surface area contributed by atoms with Crippen LogP contribution in [-0.4, -0.2) is 20.1 Å². The molecule has 1 radical (unpaired) electrons. The van der Waals surface area contributed by atoms with E-state index in [9.17, 15) is 0 Å². The molecule has 2 N–H and O–H groups in total. The number of rotatable bonds is 0. The summed E-state index contributed by atoms with van der Waals surface area (Å²) < 4.78 is 0.125. The molecule has 0 aliphatic heterocycles. The molecule has 4 heavy (non-hydrogen) atoms. The van der Waals surface area contributed by atoms with Crippen LogP contribution in [0.3, 0.4) is 0 Å². The number of nitrogens with two attached hydrogens (primary N) is 1. The van der Waals surface area contributed by atoms with E-state index >= 15 is 0 Å². The second-order valence-electron chi connectivity index (χ2n) is 0.285. The summed E-state index contributed by atoms with van der Waals surface area (Å²) in [4.78, 5) is 9.08. The van der Waals surface area contributed by atoms with Crippen LogP contribution in [-0.2, 0) is 0 Å². The molecule has 0 bridgehead atoms. The topological polar surface area (TPSA) is 46.1 Å². The van der Waals surface area contributed by atoms with Gasteiger partial charge < -0.3 is 0 Å². The second-order valence-corrected chi connectivity index (χ2v) is 1.04. The molecule has 0 spiro atoms. The monoisotopic (exact) mass is 126 g/mol. The van der Waals surface area contributed by atoms with Gasteiger partial charge in [-0.15, -0.1) is 0 Å². The van der Waals surface area contributed by atoms with Crippen LogP contribution in [0.2, 0.25) is 0 Å². The quantitative estimate of drug-likeness (QED) is 0.249. The zero-order chi connectivity index (χ0) is 3.58. The van der Waals surface area contributed by atoms with E-state index in [-0.39, 0.29) is 3.89 Å². The predicted molar refractivity (Wildman–Crippen MR) is 13.6 cm³/mol. The van der Waals surface area contributed by atoms with Crippen LogP contribution in [0.5, 0.6) is 0 Å². The average molecular weight is 125 g/mol. The van der Waals surface area contributed by atoms with Crippen LogP contribution in [0.15, 0.2) is 0 Å². The number of nitrogens with zero attached hydrogens (tertiary/aromatic N) is 1.